The Morgan fingerprint density at radius 2 is 1.94 bits per heavy atom. The van der Waals surface area contributed by atoms with Crippen molar-refractivity contribution in [1.29, 1.82) is 0 Å². The van der Waals surface area contributed by atoms with E-state index < -0.39 is 46.3 Å². The van der Waals surface area contributed by atoms with Gasteiger partial charge in [0.05, 0.1) is 12.7 Å². The first-order valence-corrected chi connectivity index (χ1v) is 12.7. The normalized spacial score (nSPS) is 17.8. The number of aromatic nitrogens is 3. The molecular formula is C18H19F2N5O5S2. The molecule has 1 atom stereocenters. The number of nitrogens with two attached hydrogens (primary N) is 1. The summed E-state index contributed by atoms with van der Waals surface area (Å²) in [5, 5.41) is -0.617. The topological polar surface area (TPSA) is 148 Å². The van der Waals surface area contributed by atoms with Crippen molar-refractivity contribution >= 4 is 42.3 Å². The third-order valence-corrected chi connectivity index (χ3v) is 7.62. The van der Waals surface area contributed by atoms with Gasteiger partial charge in [0, 0.05) is 25.4 Å². The van der Waals surface area contributed by atoms with Gasteiger partial charge in [0.15, 0.2) is 5.82 Å². The molecule has 1 fully saturated rings. The molecule has 1 aromatic carbocycles. The first-order chi connectivity index (χ1) is 14.9. The number of rotatable bonds is 4. The number of halogens is 2. The number of ether oxygens (including phenoxy) is 1. The highest BCUT2D eigenvalue weighted by atomic mass is 32.2. The zero-order valence-corrected chi connectivity index (χ0v) is 18.6. The molecule has 1 aliphatic rings. The van der Waals surface area contributed by atoms with E-state index >= 15 is 0 Å². The van der Waals surface area contributed by atoms with Crippen molar-refractivity contribution in [3.63, 3.8) is 0 Å². The van der Waals surface area contributed by atoms with Crippen LogP contribution in [0.15, 0.2) is 33.1 Å². The molecule has 1 unspecified atom stereocenters. The molecule has 14 heteroatoms. The van der Waals surface area contributed by atoms with Crippen molar-refractivity contribution in [2.24, 2.45) is 0 Å². The van der Waals surface area contributed by atoms with Gasteiger partial charge in [-0.1, -0.05) is 0 Å². The second-order valence-electron chi connectivity index (χ2n) is 7.40. The molecule has 0 radical (unpaired) electrons. The van der Waals surface area contributed by atoms with E-state index in [1.807, 2.05) is 6.92 Å². The van der Waals surface area contributed by atoms with E-state index in [9.17, 15) is 25.6 Å². The number of hydrogen-bond donors (Lipinski definition) is 2. The third-order valence-electron chi connectivity index (χ3n) is 4.91. The molecule has 4 rings (SSSR count). The molecule has 3 N–H and O–H groups in total. The molecule has 0 aliphatic carbocycles. The number of nitrogens with zero attached hydrogens (tertiary/aromatic N) is 3. The van der Waals surface area contributed by atoms with Crippen LogP contribution in [-0.4, -0.2) is 63.8 Å². The number of fused-ring (bicyclic) bond motifs is 1. The summed E-state index contributed by atoms with van der Waals surface area (Å²) in [5.74, 6) is -2.54. The number of sulfone groups is 2. The molecule has 1 saturated heterocycles. The Bertz CT molecular complexity index is 1440. The fourth-order valence-electron chi connectivity index (χ4n) is 3.51. The van der Waals surface area contributed by atoms with Crippen molar-refractivity contribution in [1.82, 2.24) is 15.0 Å². The number of anilines is 2. The van der Waals surface area contributed by atoms with Gasteiger partial charge < -0.3 is 20.4 Å². The van der Waals surface area contributed by atoms with Crippen LogP contribution in [0.25, 0.3) is 11.0 Å². The van der Waals surface area contributed by atoms with Crippen molar-refractivity contribution in [3.05, 3.63) is 29.8 Å². The molecule has 1 aliphatic heterocycles. The molecule has 172 valence electrons. The predicted octanol–water partition coefficient (Wildman–Crippen LogP) is 1.28. The van der Waals surface area contributed by atoms with Crippen LogP contribution in [0.1, 0.15) is 6.92 Å². The second-order valence-corrected chi connectivity index (χ2v) is 11.2. The molecule has 32 heavy (non-hydrogen) atoms. The zero-order valence-electron chi connectivity index (χ0n) is 17.0. The van der Waals surface area contributed by atoms with Gasteiger partial charge >= 0.3 is 0 Å². The van der Waals surface area contributed by atoms with Crippen LogP contribution in [0, 0.1) is 11.6 Å². The summed E-state index contributed by atoms with van der Waals surface area (Å²) in [4.78, 5) is 11.0. The molecule has 3 aromatic rings. The van der Waals surface area contributed by atoms with E-state index in [-0.39, 0.29) is 28.8 Å². The summed E-state index contributed by atoms with van der Waals surface area (Å²) in [6.45, 7) is 2.86. The Morgan fingerprint density at radius 1 is 1.22 bits per heavy atom. The molecule has 3 heterocycles. The SMILES string of the molecule is CC1CN(c2nc(S(C)(=O)=O)nc3c(S(=O)(=O)c4ccc(F)cc4F)c(N)[nH]c23)CCO1. The van der Waals surface area contributed by atoms with E-state index in [4.69, 9.17) is 10.5 Å². The van der Waals surface area contributed by atoms with Gasteiger partial charge in [-0.15, -0.1) is 0 Å². The highest BCUT2D eigenvalue weighted by molar-refractivity contribution is 7.92. The average molecular weight is 488 g/mol. The van der Waals surface area contributed by atoms with Crippen molar-refractivity contribution < 1.29 is 30.4 Å². The number of H-pyrrole nitrogens is 1. The van der Waals surface area contributed by atoms with Gasteiger partial charge in [-0.25, -0.2) is 30.6 Å². The number of nitrogens with one attached hydrogen (secondary N) is 1. The van der Waals surface area contributed by atoms with E-state index in [0.29, 0.717) is 25.8 Å². The third kappa shape index (κ3) is 3.78. The summed E-state index contributed by atoms with van der Waals surface area (Å²) in [6.07, 6.45) is 0.684. The molecule has 0 bridgehead atoms. The minimum absolute atomic E-state index is 0.0742. The van der Waals surface area contributed by atoms with Crippen molar-refractivity contribution in [2.45, 2.75) is 28.0 Å². The lowest BCUT2D eigenvalue weighted by Crippen LogP contribution is -2.41. The zero-order chi connectivity index (χ0) is 23.4. The van der Waals surface area contributed by atoms with Crippen LogP contribution >= 0.6 is 0 Å². The van der Waals surface area contributed by atoms with Crippen LogP contribution in [0.3, 0.4) is 0 Å². The quantitative estimate of drug-likeness (QED) is 0.410. The smallest absolute Gasteiger partial charge is 0.249 e. The number of hydrogen-bond acceptors (Lipinski definition) is 9. The van der Waals surface area contributed by atoms with Crippen LogP contribution in [0.4, 0.5) is 20.4 Å². The van der Waals surface area contributed by atoms with Gasteiger partial charge in [0.25, 0.3) is 0 Å². The predicted molar refractivity (Wildman–Crippen MR) is 111 cm³/mol. The summed E-state index contributed by atoms with van der Waals surface area (Å²) in [6, 6.07) is 1.98. The van der Waals surface area contributed by atoms with Gasteiger partial charge in [-0.05, 0) is 19.1 Å². The Kier molecular flexibility index (Phi) is 5.33. The minimum Gasteiger partial charge on any atom is -0.384 e. The van der Waals surface area contributed by atoms with Crippen LogP contribution in [0.2, 0.25) is 0 Å². The number of morpholine rings is 1. The summed E-state index contributed by atoms with van der Waals surface area (Å²) in [5.41, 5.74) is 5.71. The van der Waals surface area contributed by atoms with Gasteiger partial charge in [0.2, 0.25) is 24.8 Å². The van der Waals surface area contributed by atoms with Crippen molar-refractivity contribution in [2.75, 3.05) is 36.6 Å². The first kappa shape index (κ1) is 22.4. The standard InChI is InChI=1S/C18H19F2N5O5S2/c1-9-8-25(5-6-30-9)17-14-13(23-18(24-17)31(2,26)27)15(16(21)22-14)32(28,29)12-4-3-10(19)7-11(12)20/h3-4,7,9,22H,5-6,8,21H2,1-2H3. The van der Waals surface area contributed by atoms with Gasteiger partial charge in [-0.3, -0.25) is 0 Å². The summed E-state index contributed by atoms with van der Waals surface area (Å²) >= 11 is 0. The maximum absolute atomic E-state index is 14.3. The Hall–Kier alpha value is -2.84. The van der Waals surface area contributed by atoms with Gasteiger partial charge in [0.1, 0.15) is 38.3 Å². The highest BCUT2D eigenvalue weighted by Gasteiger charge is 2.33. The van der Waals surface area contributed by atoms with Crippen LogP contribution < -0.4 is 10.6 Å². The Morgan fingerprint density at radius 3 is 2.56 bits per heavy atom. The second kappa shape index (κ2) is 7.64. The lowest BCUT2D eigenvalue weighted by Gasteiger charge is -2.32. The number of aromatic amines is 1. The number of nitrogen functional groups attached to an aromatic ring is 1. The highest BCUT2D eigenvalue weighted by Crippen LogP contribution is 2.37. The molecule has 10 nitrogen and oxygen atoms in total. The summed E-state index contributed by atoms with van der Waals surface area (Å²) in [7, 11) is -8.60. The number of benzene rings is 1. The fourth-order valence-corrected chi connectivity index (χ4v) is 5.54. The maximum atomic E-state index is 14.3. The molecule has 0 spiro atoms. The van der Waals surface area contributed by atoms with E-state index in [1.54, 1.807) is 4.90 Å². The van der Waals surface area contributed by atoms with Crippen molar-refractivity contribution in [3.8, 4) is 0 Å². The average Bonchev–Trinajstić information content (AvgIpc) is 3.02. The molecule has 2 aromatic heterocycles. The minimum atomic E-state index is -4.65. The van der Waals surface area contributed by atoms with E-state index in [0.717, 1.165) is 18.4 Å². The lowest BCUT2D eigenvalue weighted by atomic mass is 10.3. The monoisotopic (exact) mass is 487 g/mol. The molecular weight excluding hydrogens is 468 g/mol. The van der Waals surface area contributed by atoms with Gasteiger partial charge in [-0.2, -0.15) is 4.98 Å². The molecule has 0 amide bonds. The fraction of sp³-hybridized carbons (Fsp3) is 0.333. The molecule has 0 saturated carbocycles. The van der Waals surface area contributed by atoms with Crippen LogP contribution in [-0.2, 0) is 24.4 Å². The van der Waals surface area contributed by atoms with E-state index in [1.165, 1.54) is 0 Å². The lowest BCUT2D eigenvalue weighted by molar-refractivity contribution is 0.0530. The van der Waals surface area contributed by atoms with Crippen LogP contribution in [0.5, 0.6) is 0 Å². The largest absolute Gasteiger partial charge is 0.384 e. The first-order valence-electron chi connectivity index (χ1n) is 9.35. The Labute approximate surface area is 182 Å². The van der Waals surface area contributed by atoms with E-state index in [2.05, 4.69) is 15.0 Å². The summed E-state index contributed by atoms with van der Waals surface area (Å²) < 4.78 is 84.1. The maximum Gasteiger partial charge on any atom is 0.249 e. The Balaban J connectivity index is 2.03.